The second-order valence-electron chi connectivity index (χ2n) is 4.39. The van der Waals surface area contributed by atoms with Crippen molar-refractivity contribution in [3.8, 4) is 0 Å². The summed E-state index contributed by atoms with van der Waals surface area (Å²) in [4.78, 5) is 22.2. The van der Waals surface area contributed by atoms with Crippen LogP contribution in [0.4, 0.5) is 11.4 Å². The van der Waals surface area contributed by atoms with E-state index in [4.69, 9.17) is 5.11 Å². The summed E-state index contributed by atoms with van der Waals surface area (Å²) in [5, 5.41) is 25.1. The minimum Gasteiger partial charge on any atom is -0.395 e. The van der Waals surface area contributed by atoms with Crippen LogP contribution in [-0.2, 0) is 0 Å². The molecule has 0 aliphatic heterocycles. The molecule has 1 saturated carbocycles. The monoisotopic (exact) mass is 265 g/mol. The molecular weight excluding hydrogens is 250 g/mol. The van der Waals surface area contributed by atoms with Crippen molar-refractivity contribution < 1.29 is 14.8 Å². The Morgan fingerprint density at radius 3 is 2.79 bits per heavy atom. The van der Waals surface area contributed by atoms with Gasteiger partial charge in [0.05, 0.1) is 11.5 Å². The third kappa shape index (κ3) is 3.41. The zero-order chi connectivity index (χ0) is 13.8. The molecule has 0 unspecified atom stereocenters. The number of nitro groups is 1. The van der Waals surface area contributed by atoms with Gasteiger partial charge in [-0.05, 0) is 25.0 Å². The van der Waals surface area contributed by atoms with Crippen molar-refractivity contribution in [2.24, 2.45) is 0 Å². The second-order valence-corrected chi connectivity index (χ2v) is 4.39. The molecule has 0 atom stereocenters. The van der Waals surface area contributed by atoms with Crippen LogP contribution in [0.5, 0.6) is 0 Å². The fourth-order valence-electron chi connectivity index (χ4n) is 1.67. The lowest BCUT2D eigenvalue weighted by Gasteiger charge is -2.08. The van der Waals surface area contributed by atoms with Gasteiger partial charge >= 0.3 is 0 Å². The van der Waals surface area contributed by atoms with E-state index in [1.165, 1.54) is 12.1 Å². The van der Waals surface area contributed by atoms with Gasteiger partial charge in [-0.2, -0.15) is 0 Å². The van der Waals surface area contributed by atoms with E-state index in [-0.39, 0.29) is 24.4 Å². The molecular formula is C12H15N3O4. The van der Waals surface area contributed by atoms with Crippen LogP contribution in [0.15, 0.2) is 18.2 Å². The van der Waals surface area contributed by atoms with Crippen LogP contribution in [-0.4, -0.2) is 35.1 Å². The Morgan fingerprint density at radius 2 is 2.21 bits per heavy atom. The van der Waals surface area contributed by atoms with Crippen molar-refractivity contribution in [1.29, 1.82) is 0 Å². The molecule has 102 valence electrons. The van der Waals surface area contributed by atoms with Crippen molar-refractivity contribution in [3.63, 3.8) is 0 Å². The Hall–Kier alpha value is -2.15. The first-order valence-corrected chi connectivity index (χ1v) is 6.06. The van der Waals surface area contributed by atoms with Crippen LogP contribution in [0.25, 0.3) is 0 Å². The van der Waals surface area contributed by atoms with Gasteiger partial charge in [-0.1, -0.05) is 0 Å². The lowest BCUT2D eigenvalue weighted by atomic mass is 10.1. The molecule has 0 aromatic heterocycles. The molecule has 0 spiro atoms. The average Bonchev–Trinajstić information content (AvgIpc) is 3.20. The van der Waals surface area contributed by atoms with E-state index >= 15 is 0 Å². The molecule has 1 aliphatic rings. The van der Waals surface area contributed by atoms with Gasteiger partial charge in [0.2, 0.25) is 0 Å². The fraction of sp³-hybridized carbons (Fsp3) is 0.417. The molecule has 1 fully saturated rings. The van der Waals surface area contributed by atoms with Crippen LogP contribution in [0.2, 0.25) is 0 Å². The average molecular weight is 265 g/mol. The van der Waals surface area contributed by atoms with Crippen LogP contribution in [0.1, 0.15) is 23.2 Å². The lowest BCUT2D eigenvalue weighted by molar-refractivity contribution is -0.384. The Bertz CT molecular complexity index is 500. The summed E-state index contributed by atoms with van der Waals surface area (Å²) in [5.74, 6) is -0.435. The van der Waals surface area contributed by atoms with Crippen molar-refractivity contribution in [1.82, 2.24) is 5.32 Å². The SMILES string of the molecule is O=C(NCCO)c1ccc(NC2CC2)c([N+](=O)[O-])c1. The molecule has 1 aliphatic carbocycles. The Labute approximate surface area is 109 Å². The Balaban J connectivity index is 2.19. The number of aliphatic hydroxyl groups excluding tert-OH is 1. The standard InChI is InChI=1S/C12H15N3O4/c16-6-5-13-12(17)8-1-4-10(14-9-2-3-9)11(7-8)15(18)19/h1,4,7,9,14,16H,2-3,5-6H2,(H,13,17). The smallest absolute Gasteiger partial charge is 0.293 e. The summed E-state index contributed by atoms with van der Waals surface area (Å²) in [6.07, 6.45) is 2.02. The molecule has 0 heterocycles. The number of benzene rings is 1. The van der Waals surface area contributed by atoms with Gasteiger partial charge in [0, 0.05) is 24.2 Å². The van der Waals surface area contributed by atoms with Gasteiger partial charge in [-0.3, -0.25) is 14.9 Å². The number of nitrogens with zero attached hydrogens (tertiary/aromatic N) is 1. The molecule has 1 amide bonds. The van der Waals surface area contributed by atoms with Crippen LogP contribution < -0.4 is 10.6 Å². The molecule has 7 heteroatoms. The molecule has 7 nitrogen and oxygen atoms in total. The molecule has 0 saturated heterocycles. The number of hydrogen-bond donors (Lipinski definition) is 3. The van der Waals surface area contributed by atoms with Crippen LogP contribution >= 0.6 is 0 Å². The molecule has 1 aromatic rings. The zero-order valence-corrected chi connectivity index (χ0v) is 10.3. The summed E-state index contributed by atoms with van der Waals surface area (Å²) in [6.45, 7) is -0.0517. The van der Waals surface area contributed by atoms with Crippen LogP contribution in [0, 0.1) is 10.1 Å². The number of nitrogens with one attached hydrogen (secondary N) is 2. The maximum atomic E-state index is 11.7. The summed E-state index contributed by atoms with van der Waals surface area (Å²) in [5.41, 5.74) is 0.538. The van der Waals surface area contributed by atoms with Crippen molar-refractivity contribution in [3.05, 3.63) is 33.9 Å². The van der Waals surface area contributed by atoms with Crippen molar-refractivity contribution in [2.75, 3.05) is 18.5 Å². The third-order valence-electron chi connectivity index (χ3n) is 2.79. The largest absolute Gasteiger partial charge is 0.395 e. The van der Waals surface area contributed by atoms with E-state index in [0.29, 0.717) is 11.7 Å². The highest BCUT2D eigenvalue weighted by Crippen LogP contribution is 2.31. The predicted octanol–water partition coefficient (Wildman–Crippen LogP) is 0.891. The normalized spacial score (nSPS) is 13.9. The summed E-state index contributed by atoms with van der Waals surface area (Å²) < 4.78 is 0. The van der Waals surface area contributed by atoms with E-state index in [1.807, 2.05) is 0 Å². The van der Waals surface area contributed by atoms with Gasteiger partial charge in [0.25, 0.3) is 11.6 Å². The Morgan fingerprint density at radius 1 is 1.47 bits per heavy atom. The first kappa shape index (κ1) is 13.3. The zero-order valence-electron chi connectivity index (χ0n) is 10.3. The van der Waals surface area contributed by atoms with Crippen LogP contribution in [0.3, 0.4) is 0 Å². The van der Waals surface area contributed by atoms with Crippen molar-refractivity contribution >= 4 is 17.3 Å². The minimum absolute atomic E-state index is 0.108. The number of anilines is 1. The van der Waals surface area contributed by atoms with Gasteiger partial charge < -0.3 is 15.7 Å². The van der Waals surface area contributed by atoms with Gasteiger partial charge in [-0.15, -0.1) is 0 Å². The van der Waals surface area contributed by atoms with Gasteiger partial charge in [-0.25, -0.2) is 0 Å². The predicted molar refractivity (Wildman–Crippen MR) is 69.2 cm³/mol. The summed E-state index contributed by atoms with van der Waals surface area (Å²) in [6, 6.07) is 4.62. The maximum Gasteiger partial charge on any atom is 0.293 e. The van der Waals surface area contributed by atoms with Crippen molar-refractivity contribution in [2.45, 2.75) is 18.9 Å². The molecule has 0 radical (unpaired) electrons. The van der Waals surface area contributed by atoms with E-state index in [1.54, 1.807) is 6.07 Å². The second kappa shape index (κ2) is 5.66. The number of aliphatic hydroxyl groups is 1. The van der Waals surface area contributed by atoms with E-state index in [9.17, 15) is 14.9 Å². The highest BCUT2D eigenvalue weighted by molar-refractivity contribution is 5.95. The number of rotatable bonds is 6. The third-order valence-corrected chi connectivity index (χ3v) is 2.79. The number of hydrogen-bond acceptors (Lipinski definition) is 5. The van der Waals surface area contributed by atoms with Gasteiger partial charge in [0.1, 0.15) is 5.69 Å². The first-order valence-electron chi connectivity index (χ1n) is 6.06. The van der Waals surface area contributed by atoms with Gasteiger partial charge in [0.15, 0.2) is 0 Å². The fourth-order valence-corrected chi connectivity index (χ4v) is 1.67. The molecule has 19 heavy (non-hydrogen) atoms. The Kier molecular flexibility index (Phi) is 3.96. The molecule has 2 rings (SSSR count). The highest BCUT2D eigenvalue weighted by Gasteiger charge is 2.25. The first-order chi connectivity index (χ1) is 9.11. The summed E-state index contributed by atoms with van der Waals surface area (Å²) >= 11 is 0. The quantitative estimate of drug-likeness (QED) is 0.523. The topological polar surface area (TPSA) is 104 Å². The van der Waals surface area contributed by atoms with E-state index in [2.05, 4.69) is 10.6 Å². The highest BCUT2D eigenvalue weighted by atomic mass is 16.6. The number of carbonyl (C=O) groups is 1. The lowest BCUT2D eigenvalue weighted by Crippen LogP contribution is -2.26. The number of nitro benzene ring substituents is 1. The van der Waals surface area contributed by atoms with E-state index in [0.717, 1.165) is 12.8 Å². The summed E-state index contributed by atoms with van der Waals surface area (Å²) in [7, 11) is 0. The maximum absolute atomic E-state index is 11.7. The van der Waals surface area contributed by atoms with E-state index < -0.39 is 10.8 Å². The number of carbonyl (C=O) groups excluding carboxylic acids is 1. The number of amides is 1. The molecule has 0 bridgehead atoms. The molecule has 1 aromatic carbocycles. The molecule has 3 N–H and O–H groups in total. The minimum atomic E-state index is -0.506.